The predicted molar refractivity (Wildman–Crippen MR) is 152 cm³/mol. The number of nitrogens with zero attached hydrogens (tertiary/aromatic N) is 2. The maximum atomic E-state index is 13.8. The number of aryl methyl sites for hydroxylation is 1. The van der Waals surface area contributed by atoms with Gasteiger partial charge in [-0.15, -0.1) is 0 Å². The van der Waals surface area contributed by atoms with Crippen molar-refractivity contribution in [2.45, 2.75) is 33.7 Å². The Morgan fingerprint density at radius 2 is 1.62 bits per heavy atom. The highest BCUT2D eigenvalue weighted by atomic mass is 32.1. The summed E-state index contributed by atoms with van der Waals surface area (Å²) in [6.45, 7) is 7.77. The number of thiazole rings is 1. The molecular formula is C31H28N2O6S. The maximum absolute atomic E-state index is 13.8. The minimum Gasteiger partial charge on any atom is -0.463 e. The van der Waals surface area contributed by atoms with Gasteiger partial charge in [0.05, 0.1) is 40.6 Å². The zero-order chi connectivity index (χ0) is 28.4. The summed E-state index contributed by atoms with van der Waals surface area (Å²) in [4.78, 5) is 43.8. The molecule has 1 aliphatic rings. The Kier molecular flexibility index (Phi) is 7.66. The van der Waals surface area contributed by atoms with Crippen molar-refractivity contribution in [1.82, 2.24) is 4.57 Å². The van der Waals surface area contributed by atoms with Crippen LogP contribution in [0.1, 0.15) is 54.1 Å². The normalized spacial score (nSPS) is 15.0. The van der Waals surface area contributed by atoms with Crippen LogP contribution >= 0.6 is 11.3 Å². The lowest BCUT2D eigenvalue weighted by atomic mass is 9.95. The van der Waals surface area contributed by atoms with Crippen LogP contribution in [0.2, 0.25) is 0 Å². The molecule has 0 N–H and O–H groups in total. The van der Waals surface area contributed by atoms with Crippen LogP contribution in [0.3, 0.4) is 0 Å². The SMILES string of the molecule is CCOC(=O)C1=C(C)N=c2s/c(=C/c3ccc(-c4ccc(C(=O)OCC)cc4)o3)c(=O)n2[C@@H]1c1ccc(C)cc1. The molecular weight excluding hydrogens is 528 g/mol. The van der Waals surface area contributed by atoms with Gasteiger partial charge in [0, 0.05) is 11.6 Å². The first-order chi connectivity index (χ1) is 19.3. The molecule has 2 aromatic heterocycles. The highest BCUT2D eigenvalue weighted by Crippen LogP contribution is 2.31. The van der Waals surface area contributed by atoms with Crippen molar-refractivity contribution in [1.29, 1.82) is 0 Å². The van der Waals surface area contributed by atoms with Crippen molar-refractivity contribution < 1.29 is 23.5 Å². The van der Waals surface area contributed by atoms with E-state index in [2.05, 4.69) is 4.99 Å². The van der Waals surface area contributed by atoms with Crippen molar-refractivity contribution in [2.75, 3.05) is 13.2 Å². The fourth-order valence-corrected chi connectivity index (χ4v) is 5.58. The van der Waals surface area contributed by atoms with Gasteiger partial charge in [-0.2, -0.15) is 0 Å². The van der Waals surface area contributed by atoms with Crippen LogP contribution in [0, 0.1) is 6.92 Å². The summed E-state index contributed by atoms with van der Waals surface area (Å²) < 4.78 is 18.4. The number of hydrogen-bond donors (Lipinski definition) is 0. The Morgan fingerprint density at radius 3 is 2.30 bits per heavy atom. The first kappa shape index (κ1) is 27.1. The van der Waals surface area contributed by atoms with Gasteiger partial charge in [0.1, 0.15) is 11.5 Å². The number of esters is 2. The van der Waals surface area contributed by atoms with Gasteiger partial charge in [-0.05, 0) is 57.5 Å². The van der Waals surface area contributed by atoms with E-state index in [1.165, 1.54) is 11.3 Å². The van der Waals surface area contributed by atoms with Gasteiger partial charge in [-0.3, -0.25) is 9.36 Å². The molecule has 5 rings (SSSR count). The smallest absolute Gasteiger partial charge is 0.338 e. The van der Waals surface area contributed by atoms with Gasteiger partial charge in [0.15, 0.2) is 4.80 Å². The van der Waals surface area contributed by atoms with Crippen molar-refractivity contribution in [3.05, 3.63) is 114 Å². The Labute approximate surface area is 234 Å². The summed E-state index contributed by atoms with van der Waals surface area (Å²) in [7, 11) is 0. The highest BCUT2D eigenvalue weighted by Gasteiger charge is 2.33. The average Bonchev–Trinajstić information content (AvgIpc) is 3.53. The van der Waals surface area contributed by atoms with Crippen LogP contribution in [-0.2, 0) is 14.3 Å². The molecule has 2 aromatic carbocycles. The molecule has 204 valence electrons. The van der Waals surface area contributed by atoms with Crippen LogP contribution in [0.25, 0.3) is 17.4 Å². The van der Waals surface area contributed by atoms with Crippen LogP contribution in [0.4, 0.5) is 0 Å². The number of carbonyl (C=O) groups is 2. The quantitative estimate of drug-likeness (QED) is 0.310. The minimum absolute atomic E-state index is 0.215. The Morgan fingerprint density at radius 1 is 0.950 bits per heavy atom. The number of aromatic nitrogens is 1. The first-order valence-corrected chi connectivity index (χ1v) is 13.8. The molecule has 9 heteroatoms. The third-order valence-electron chi connectivity index (χ3n) is 6.49. The summed E-state index contributed by atoms with van der Waals surface area (Å²) in [5, 5.41) is 0. The first-order valence-electron chi connectivity index (χ1n) is 12.9. The van der Waals surface area contributed by atoms with Gasteiger partial charge < -0.3 is 13.9 Å². The zero-order valence-electron chi connectivity index (χ0n) is 22.6. The van der Waals surface area contributed by atoms with Crippen molar-refractivity contribution in [3.8, 4) is 11.3 Å². The number of ether oxygens (including phenoxy) is 2. The average molecular weight is 557 g/mol. The molecule has 0 aliphatic carbocycles. The summed E-state index contributed by atoms with van der Waals surface area (Å²) in [6.07, 6.45) is 1.68. The van der Waals surface area contributed by atoms with E-state index in [-0.39, 0.29) is 18.1 Å². The highest BCUT2D eigenvalue weighted by molar-refractivity contribution is 7.07. The molecule has 0 amide bonds. The number of rotatable bonds is 7. The van der Waals surface area contributed by atoms with Gasteiger partial charge in [0.25, 0.3) is 5.56 Å². The third kappa shape index (κ3) is 5.20. The molecule has 0 unspecified atom stereocenters. The second kappa shape index (κ2) is 11.3. The number of furan rings is 1. The molecule has 0 saturated heterocycles. The van der Waals surface area contributed by atoms with E-state index in [0.29, 0.717) is 44.3 Å². The number of carbonyl (C=O) groups excluding carboxylic acids is 2. The predicted octanol–water partition coefficient (Wildman–Crippen LogP) is 4.54. The topological polar surface area (TPSA) is 100 Å². The Hall–Kier alpha value is -4.50. The molecule has 0 fully saturated rings. The molecule has 4 aromatic rings. The van der Waals surface area contributed by atoms with Gasteiger partial charge in [0.2, 0.25) is 0 Å². The molecule has 1 atom stereocenters. The monoisotopic (exact) mass is 556 g/mol. The van der Waals surface area contributed by atoms with Crippen LogP contribution < -0.4 is 14.9 Å². The molecule has 0 radical (unpaired) electrons. The van der Waals surface area contributed by atoms with Crippen molar-refractivity contribution in [2.24, 2.45) is 4.99 Å². The second-order valence-corrected chi connectivity index (χ2v) is 10.2. The number of benzene rings is 2. The van der Waals surface area contributed by atoms with E-state index in [1.807, 2.05) is 31.2 Å². The van der Waals surface area contributed by atoms with E-state index >= 15 is 0 Å². The number of fused-ring (bicyclic) bond motifs is 1. The van der Waals surface area contributed by atoms with Crippen LogP contribution in [0.5, 0.6) is 0 Å². The molecule has 3 heterocycles. The van der Waals surface area contributed by atoms with Crippen molar-refractivity contribution >= 4 is 29.4 Å². The number of allylic oxidation sites excluding steroid dienone is 1. The molecule has 0 bridgehead atoms. The van der Waals surface area contributed by atoms with E-state index < -0.39 is 12.0 Å². The van der Waals surface area contributed by atoms with Gasteiger partial charge in [-0.1, -0.05) is 53.3 Å². The molecule has 1 aliphatic heterocycles. The second-order valence-electron chi connectivity index (χ2n) is 9.21. The van der Waals surface area contributed by atoms with Gasteiger partial charge in [-0.25, -0.2) is 14.6 Å². The summed E-state index contributed by atoms with van der Waals surface area (Å²) in [5.41, 5.74) is 3.68. The summed E-state index contributed by atoms with van der Waals surface area (Å²) >= 11 is 1.23. The lowest BCUT2D eigenvalue weighted by molar-refractivity contribution is -0.139. The molecule has 0 spiro atoms. The van der Waals surface area contributed by atoms with E-state index in [4.69, 9.17) is 13.9 Å². The Balaban J connectivity index is 1.54. The molecule has 40 heavy (non-hydrogen) atoms. The lowest BCUT2D eigenvalue weighted by Gasteiger charge is -2.24. The van der Waals surface area contributed by atoms with Crippen LogP contribution in [0.15, 0.2) is 86.1 Å². The Bertz CT molecular complexity index is 1790. The minimum atomic E-state index is -0.664. The number of hydrogen-bond acceptors (Lipinski definition) is 8. The zero-order valence-corrected chi connectivity index (χ0v) is 23.4. The van der Waals surface area contributed by atoms with E-state index in [0.717, 1.165) is 16.7 Å². The standard InChI is InChI=1S/C31H28N2O6S/c1-5-37-29(35)22-13-11-20(12-14-22)24-16-15-23(39-24)17-25-28(34)33-27(21-9-7-18(3)8-10-21)26(30(36)38-6-2)19(4)32-31(33)40-25/h7-17,27H,5-6H2,1-4H3/b25-17+/t27-/m1/s1. The van der Waals surface area contributed by atoms with Gasteiger partial charge >= 0.3 is 11.9 Å². The van der Waals surface area contributed by atoms with E-state index in [1.54, 1.807) is 67.8 Å². The van der Waals surface area contributed by atoms with Crippen LogP contribution in [-0.4, -0.2) is 29.7 Å². The summed E-state index contributed by atoms with van der Waals surface area (Å²) in [5.74, 6) is 0.207. The summed E-state index contributed by atoms with van der Waals surface area (Å²) in [6, 6.07) is 17.6. The van der Waals surface area contributed by atoms with Crippen molar-refractivity contribution in [3.63, 3.8) is 0 Å². The lowest BCUT2D eigenvalue weighted by Crippen LogP contribution is -2.39. The largest absolute Gasteiger partial charge is 0.463 e. The molecule has 0 saturated carbocycles. The fourth-order valence-electron chi connectivity index (χ4n) is 4.56. The fraction of sp³-hybridized carbons (Fsp3) is 0.226. The maximum Gasteiger partial charge on any atom is 0.338 e. The third-order valence-corrected chi connectivity index (χ3v) is 7.47. The molecule has 8 nitrogen and oxygen atoms in total. The van der Waals surface area contributed by atoms with E-state index in [9.17, 15) is 14.4 Å².